The van der Waals surface area contributed by atoms with Crippen molar-refractivity contribution in [1.29, 1.82) is 0 Å². The summed E-state index contributed by atoms with van der Waals surface area (Å²) >= 11 is 0. The van der Waals surface area contributed by atoms with E-state index in [0.29, 0.717) is 24.5 Å². The molecule has 3 nitrogen and oxygen atoms in total. The van der Waals surface area contributed by atoms with Gasteiger partial charge in [-0.25, -0.2) is 0 Å². The van der Waals surface area contributed by atoms with Gasteiger partial charge in [0.1, 0.15) is 0 Å². The fourth-order valence-corrected chi connectivity index (χ4v) is 5.21. The van der Waals surface area contributed by atoms with Crippen LogP contribution < -0.4 is 0 Å². The summed E-state index contributed by atoms with van der Waals surface area (Å²) < 4.78 is 6.25. The number of β-amino-alcohol motifs (C(OH)–C–C–N with tert-alkyl or cyclic N) is 1. The monoisotopic (exact) mass is 423 g/mol. The second-order valence-corrected chi connectivity index (χ2v) is 9.79. The second kappa shape index (κ2) is 12.3. The number of hydrogen-bond acceptors (Lipinski definition) is 3. The summed E-state index contributed by atoms with van der Waals surface area (Å²) in [6.45, 7) is 10.4. The van der Waals surface area contributed by atoms with Crippen molar-refractivity contribution < 1.29 is 9.84 Å². The zero-order valence-electron chi connectivity index (χ0n) is 18.6. The van der Waals surface area contributed by atoms with E-state index in [1.165, 1.54) is 37.7 Å². The van der Waals surface area contributed by atoms with Gasteiger partial charge in [-0.2, -0.15) is 0 Å². The maximum absolute atomic E-state index is 10.6. The van der Waals surface area contributed by atoms with Crippen LogP contribution in [0.1, 0.15) is 58.4 Å². The summed E-state index contributed by atoms with van der Waals surface area (Å²) in [7, 11) is 0. The largest absolute Gasteiger partial charge is 0.389 e. The number of halogens is 1. The lowest BCUT2D eigenvalue weighted by Gasteiger charge is -2.38. The molecule has 4 unspecified atom stereocenters. The van der Waals surface area contributed by atoms with Gasteiger partial charge >= 0.3 is 0 Å². The number of rotatable bonds is 8. The van der Waals surface area contributed by atoms with Gasteiger partial charge in [0.15, 0.2) is 0 Å². The Labute approximate surface area is 184 Å². The molecule has 166 valence electrons. The molecule has 29 heavy (non-hydrogen) atoms. The molecular formula is C25H42ClNO2. The minimum atomic E-state index is -0.365. The first-order valence-electron chi connectivity index (χ1n) is 11.6. The summed E-state index contributed by atoms with van der Waals surface area (Å²) in [5, 5.41) is 10.6. The number of benzene rings is 1. The summed E-state index contributed by atoms with van der Waals surface area (Å²) in [5.74, 6) is 2.85. The van der Waals surface area contributed by atoms with Crippen LogP contribution in [0, 0.1) is 23.7 Å². The quantitative estimate of drug-likeness (QED) is 0.623. The van der Waals surface area contributed by atoms with Gasteiger partial charge in [0.2, 0.25) is 0 Å². The molecule has 1 saturated heterocycles. The lowest BCUT2D eigenvalue weighted by atomic mass is 9.75. The maximum atomic E-state index is 10.6. The molecule has 4 heteroatoms. The molecule has 0 bridgehead atoms. The molecule has 1 aromatic rings. The van der Waals surface area contributed by atoms with Crippen molar-refractivity contribution in [2.24, 2.45) is 23.7 Å². The fourth-order valence-electron chi connectivity index (χ4n) is 5.21. The molecule has 2 aliphatic rings. The molecule has 2 fully saturated rings. The van der Waals surface area contributed by atoms with Gasteiger partial charge in [0.05, 0.1) is 18.8 Å². The van der Waals surface area contributed by atoms with E-state index in [-0.39, 0.29) is 18.5 Å². The summed E-state index contributed by atoms with van der Waals surface area (Å²) in [6.07, 6.45) is 7.37. The third kappa shape index (κ3) is 7.86. The van der Waals surface area contributed by atoms with E-state index >= 15 is 0 Å². The van der Waals surface area contributed by atoms with E-state index < -0.39 is 0 Å². The predicted molar refractivity (Wildman–Crippen MR) is 124 cm³/mol. The number of piperidine rings is 1. The molecule has 0 aromatic heterocycles. The lowest BCUT2D eigenvalue weighted by Crippen LogP contribution is -2.42. The number of nitrogens with zero attached hydrogens (tertiary/aromatic N) is 1. The molecule has 4 atom stereocenters. The van der Waals surface area contributed by atoms with Gasteiger partial charge in [-0.15, -0.1) is 12.4 Å². The van der Waals surface area contributed by atoms with Gasteiger partial charge in [-0.1, -0.05) is 57.5 Å². The van der Waals surface area contributed by atoms with Gasteiger partial charge in [0, 0.05) is 6.54 Å². The molecule has 1 aromatic carbocycles. The molecule has 0 radical (unpaired) electrons. The van der Waals surface area contributed by atoms with Gasteiger partial charge in [-0.3, -0.25) is 0 Å². The van der Waals surface area contributed by atoms with Crippen LogP contribution in [-0.4, -0.2) is 48.5 Å². The van der Waals surface area contributed by atoms with Gasteiger partial charge < -0.3 is 14.7 Å². The fraction of sp³-hybridized carbons (Fsp3) is 0.760. The van der Waals surface area contributed by atoms with Crippen LogP contribution >= 0.6 is 12.4 Å². The molecule has 3 rings (SSSR count). The van der Waals surface area contributed by atoms with Crippen molar-refractivity contribution in [3.63, 3.8) is 0 Å². The smallest absolute Gasteiger partial charge is 0.0900 e. The van der Waals surface area contributed by atoms with Crippen LogP contribution in [-0.2, 0) is 11.2 Å². The van der Waals surface area contributed by atoms with Crippen LogP contribution in [0.25, 0.3) is 0 Å². The molecule has 1 aliphatic heterocycles. The van der Waals surface area contributed by atoms with Crippen molar-refractivity contribution in [2.75, 3.05) is 26.2 Å². The average Bonchev–Trinajstić information content (AvgIpc) is 2.68. The van der Waals surface area contributed by atoms with Crippen molar-refractivity contribution in [3.05, 3.63) is 35.9 Å². The molecule has 1 aliphatic carbocycles. The van der Waals surface area contributed by atoms with E-state index in [1.54, 1.807) is 0 Å². The molecule has 0 spiro atoms. The minimum Gasteiger partial charge on any atom is -0.389 e. The Morgan fingerprint density at radius 2 is 1.76 bits per heavy atom. The molecule has 1 heterocycles. The maximum Gasteiger partial charge on any atom is 0.0900 e. The van der Waals surface area contributed by atoms with Crippen molar-refractivity contribution >= 4 is 12.4 Å². The third-order valence-electron chi connectivity index (χ3n) is 7.01. The highest BCUT2D eigenvalue weighted by Gasteiger charge is 2.32. The van der Waals surface area contributed by atoms with Crippen LogP contribution in [0.2, 0.25) is 0 Å². The Hall–Kier alpha value is -0.610. The third-order valence-corrected chi connectivity index (χ3v) is 7.01. The van der Waals surface area contributed by atoms with Crippen molar-refractivity contribution in [3.8, 4) is 0 Å². The first-order valence-corrected chi connectivity index (χ1v) is 11.6. The van der Waals surface area contributed by atoms with Crippen LogP contribution in [0.3, 0.4) is 0 Å². The van der Waals surface area contributed by atoms with Gasteiger partial charge in [-0.05, 0) is 74.4 Å². The standard InChI is InChI=1S/C25H41NO2.ClH/c1-19(2)24-10-9-20(3)15-25(24)28-18-23(27)17-26-13-11-22(12-14-26)16-21-7-5-4-6-8-21;/h4-8,19-20,22-25,27H,9-18H2,1-3H3;1H. The number of ether oxygens (including phenoxy) is 1. The Morgan fingerprint density at radius 1 is 1.07 bits per heavy atom. The molecule has 0 amide bonds. The van der Waals surface area contributed by atoms with Crippen molar-refractivity contribution in [2.45, 2.75) is 71.5 Å². The number of aliphatic hydroxyl groups is 1. The predicted octanol–water partition coefficient (Wildman–Crippen LogP) is 5.20. The summed E-state index contributed by atoms with van der Waals surface area (Å²) in [6, 6.07) is 10.8. The van der Waals surface area contributed by atoms with E-state index in [0.717, 1.165) is 37.9 Å². The Bertz CT molecular complexity index is 559. The van der Waals surface area contributed by atoms with Crippen LogP contribution in [0.5, 0.6) is 0 Å². The van der Waals surface area contributed by atoms with E-state index in [4.69, 9.17) is 4.74 Å². The van der Waals surface area contributed by atoms with Crippen LogP contribution in [0.15, 0.2) is 30.3 Å². The van der Waals surface area contributed by atoms with Crippen LogP contribution in [0.4, 0.5) is 0 Å². The van der Waals surface area contributed by atoms with E-state index in [9.17, 15) is 5.11 Å². The van der Waals surface area contributed by atoms with Gasteiger partial charge in [0.25, 0.3) is 0 Å². The molecule has 1 N–H and O–H groups in total. The highest BCUT2D eigenvalue weighted by molar-refractivity contribution is 5.85. The highest BCUT2D eigenvalue weighted by Crippen LogP contribution is 2.35. The number of hydrogen-bond donors (Lipinski definition) is 1. The molecule has 1 saturated carbocycles. The summed E-state index contributed by atoms with van der Waals surface area (Å²) in [4.78, 5) is 2.43. The Morgan fingerprint density at radius 3 is 2.41 bits per heavy atom. The summed E-state index contributed by atoms with van der Waals surface area (Å²) in [5.41, 5.74) is 1.45. The van der Waals surface area contributed by atoms with E-state index in [2.05, 4.69) is 56.0 Å². The van der Waals surface area contributed by atoms with E-state index in [1.807, 2.05) is 0 Å². The average molecular weight is 424 g/mol. The Kier molecular flexibility index (Phi) is 10.5. The minimum absolute atomic E-state index is 0. The number of likely N-dealkylation sites (tertiary alicyclic amines) is 1. The topological polar surface area (TPSA) is 32.7 Å². The Balaban J connectivity index is 0.00000300. The SMILES string of the molecule is CC1CCC(C(C)C)C(OCC(O)CN2CCC(Cc3ccccc3)CC2)C1.Cl. The first-order chi connectivity index (χ1) is 13.5. The lowest BCUT2D eigenvalue weighted by molar-refractivity contribution is -0.0749. The van der Waals surface area contributed by atoms with Crippen molar-refractivity contribution in [1.82, 2.24) is 4.90 Å². The first kappa shape index (κ1) is 24.7. The number of aliphatic hydroxyl groups excluding tert-OH is 1. The second-order valence-electron chi connectivity index (χ2n) is 9.79. The zero-order valence-corrected chi connectivity index (χ0v) is 19.4. The highest BCUT2D eigenvalue weighted by atomic mass is 35.5. The molecular weight excluding hydrogens is 382 g/mol. The normalized spacial score (nSPS) is 27.6. The zero-order chi connectivity index (χ0) is 19.9.